The van der Waals surface area contributed by atoms with Crippen molar-refractivity contribution < 1.29 is 0 Å². The molecule has 1 heterocycles. The zero-order valence-electron chi connectivity index (χ0n) is 6.63. The first-order valence-corrected chi connectivity index (χ1v) is 4.32. The Labute approximate surface area is 75.0 Å². The maximum Gasteiger partial charge on any atom is 0.124 e. The number of hydrogen-bond acceptors (Lipinski definition) is 2. The van der Waals surface area contributed by atoms with Crippen molar-refractivity contribution >= 4 is 21.7 Å². The summed E-state index contributed by atoms with van der Waals surface area (Å²) in [5.74, 6) is 1.04. The van der Waals surface area contributed by atoms with Gasteiger partial charge in [-0.3, -0.25) is 0 Å². The van der Waals surface area contributed by atoms with Crippen molar-refractivity contribution in [1.29, 1.82) is 0 Å². The van der Waals surface area contributed by atoms with Crippen LogP contribution >= 0.6 is 15.9 Å². The second-order valence-corrected chi connectivity index (χ2v) is 3.52. The number of nitrogen functional groups attached to an aromatic ring is 1. The average Bonchev–Trinajstić information content (AvgIpc) is 1.85. The van der Waals surface area contributed by atoms with E-state index in [4.69, 9.17) is 5.73 Å². The lowest BCUT2D eigenvalue weighted by atomic mass is 10.1. The number of anilines is 1. The molecular formula is C8H11BrN2. The highest BCUT2D eigenvalue weighted by molar-refractivity contribution is 9.10. The number of halogens is 1. The minimum absolute atomic E-state index is 0.484. The number of hydrogen-bond donors (Lipinski definition) is 1. The van der Waals surface area contributed by atoms with Gasteiger partial charge in [-0.2, -0.15) is 0 Å². The highest BCUT2D eigenvalue weighted by Gasteiger charge is 2.04. The van der Waals surface area contributed by atoms with E-state index in [0.29, 0.717) is 11.7 Å². The minimum atomic E-state index is 0.484. The zero-order chi connectivity index (χ0) is 8.43. The van der Waals surface area contributed by atoms with E-state index in [0.717, 1.165) is 4.60 Å². The van der Waals surface area contributed by atoms with Crippen LogP contribution in [0.25, 0.3) is 0 Å². The predicted octanol–water partition coefficient (Wildman–Crippen LogP) is 2.55. The molecule has 2 nitrogen and oxygen atoms in total. The lowest BCUT2D eigenvalue weighted by molar-refractivity contribution is 0.850. The zero-order valence-corrected chi connectivity index (χ0v) is 8.22. The van der Waals surface area contributed by atoms with Gasteiger partial charge in [0.1, 0.15) is 10.4 Å². The van der Waals surface area contributed by atoms with Crippen LogP contribution in [0.1, 0.15) is 25.3 Å². The molecule has 0 aliphatic carbocycles. The van der Waals surface area contributed by atoms with E-state index in [1.807, 2.05) is 12.1 Å². The fourth-order valence-electron chi connectivity index (χ4n) is 0.890. The van der Waals surface area contributed by atoms with Gasteiger partial charge in [-0.25, -0.2) is 4.98 Å². The maximum absolute atomic E-state index is 5.49. The molecule has 0 aliphatic heterocycles. The summed E-state index contributed by atoms with van der Waals surface area (Å²) in [6, 6.07) is 3.82. The molecule has 0 spiro atoms. The van der Waals surface area contributed by atoms with Gasteiger partial charge in [-0.05, 0) is 33.5 Å². The van der Waals surface area contributed by atoms with Crippen LogP contribution in [0.2, 0.25) is 0 Å². The van der Waals surface area contributed by atoms with Gasteiger partial charge >= 0.3 is 0 Å². The van der Waals surface area contributed by atoms with Crippen LogP contribution < -0.4 is 5.73 Å². The molecule has 0 fully saturated rings. The third kappa shape index (κ3) is 1.93. The SMILES string of the molecule is CC(C)c1ccc(N)nc1Br. The fraction of sp³-hybridized carbons (Fsp3) is 0.375. The summed E-state index contributed by atoms with van der Waals surface area (Å²) >= 11 is 3.36. The summed E-state index contributed by atoms with van der Waals surface area (Å²) < 4.78 is 0.854. The highest BCUT2D eigenvalue weighted by Crippen LogP contribution is 2.23. The van der Waals surface area contributed by atoms with Crippen molar-refractivity contribution in [3.63, 3.8) is 0 Å². The second kappa shape index (κ2) is 3.22. The molecule has 60 valence electrons. The quantitative estimate of drug-likeness (QED) is 0.731. The van der Waals surface area contributed by atoms with Crippen molar-refractivity contribution in [3.05, 3.63) is 22.3 Å². The van der Waals surface area contributed by atoms with Gasteiger partial charge in [-0.15, -0.1) is 0 Å². The maximum atomic E-state index is 5.49. The first-order chi connectivity index (χ1) is 5.11. The summed E-state index contributed by atoms with van der Waals surface area (Å²) in [5, 5.41) is 0. The van der Waals surface area contributed by atoms with Gasteiger partial charge in [0.25, 0.3) is 0 Å². The van der Waals surface area contributed by atoms with Gasteiger partial charge in [0.2, 0.25) is 0 Å². The van der Waals surface area contributed by atoms with E-state index in [2.05, 4.69) is 34.8 Å². The molecule has 1 rings (SSSR count). The summed E-state index contributed by atoms with van der Waals surface area (Å²) in [7, 11) is 0. The van der Waals surface area contributed by atoms with Gasteiger partial charge in [0, 0.05) is 0 Å². The molecule has 0 amide bonds. The largest absolute Gasteiger partial charge is 0.384 e. The Morgan fingerprint density at radius 2 is 2.09 bits per heavy atom. The molecule has 11 heavy (non-hydrogen) atoms. The lowest BCUT2D eigenvalue weighted by Gasteiger charge is -2.06. The van der Waals surface area contributed by atoms with Crippen molar-refractivity contribution in [3.8, 4) is 0 Å². The summed E-state index contributed by atoms with van der Waals surface area (Å²) in [6.45, 7) is 4.25. The lowest BCUT2D eigenvalue weighted by Crippen LogP contribution is -1.95. The average molecular weight is 215 g/mol. The third-order valence-corrected chi connectivity index (χ3v) is 2.16. The monoisotopic (exact) mass is 214 g/mol. The number of nitrogens with two attached hydrogens (primary N) is 1. The number of rotatable bonds is 1. The molecule has 0 bridgehead atoms. The molecule has 1 aromatic rings. The summed E-state index contributed by atoms with van der Waals surface area (Å²) in [5.41, 5.74) is 6.68. The second-order valence-electron chi connectivity index (χ2n) is 2.77. The summed E-state index contributed by atoms with van der Waals surface area (Å²) in [4.78, 5) is 4.09. The topological polar surface area (TPSA) is 38.9 Å². The molecule has 0 unspecified atom stereocenters. The first-order valence-electron chi connectivity index (χ1n) is 3.53. The van der Waals surface area contributed by atoms with E-state index in [9.17, 15) is 0 Å². The van der Waals surface area contributed by atoms with Crippen molar-refractivity contribution in [2.24, 2.45) is 0 Å². The number of nitrogens with zero attached hydrogens (tertiary/aromatic N) is 1. The molecule has 0 atom stereocenters. The summed E-state index contributed by atoms with van der Waals surface area (Å²) in [6.07, 6.45) is 0. The number of aromatic nitrogens is 1. The Morgan fingerprint density at radius 3 is 2.55 bits per heavy atom. The van der Waals surface area contributed by atoms with Crippen LogP contribution in [0.3, 0.4) is 0 Å². The molecule has 0 saturated carbocycles. The van der Waals surface area contributed by atoms with Gasteiger partial charge in [0.05, 0.1) is 0 Å². The molecule has 0 radical (unpaired) electrons. The van der Waals surface area contributed by atoms with Crippen LogP contribution in [-0.4, -0.2) is 4.98 Å². The molecule has 0 aromatic carbocycles. The van der Waals surface area contributed by atoms with Crippen LogP contribution in [0.5, 0.6) is 0 Å². The van der Waals surface area contributed by atoms with E-state index < -0.39 is 0 Å². The van der Waals surface area contributed by atoms with E-state index >= 15 is 0 Å². The third-order valence-electron chi connectivity index (χ3n) is 1.52. The van der Waals surface area contributed by atoms with E-state index in [-0.39, 0.29) is 0 Å². The Bertz CT molecular complexity index is 258. The van der Waals surface area contributed by atoms with Crippen molar-refractivity contribution in [1.82, 2.24) is 4.98 Å². The number of pyridine rings is 1. The highest BCUT2D eigenvalue weighted by atomic mass is 79.9. The Morgan fingerprint density at radius 1 is 1.45 bits per heavy atom. The normalized spacial score (nSPS) is 10.5. The van der Waals surface area contributed by atoms with Gasteiger partial charge in [0.15, 0.2) is 0 Å². The Balaban J connectivity index is 3.09. The standard InChI is InChI=1S/C8H11BrN2/c1-5(2)6-3-4-7(10)11-8(6)9/h3-5H,1-2H3,(H2,10,11). The van der Waals surface area contributed by atoms with E-state index in [1.54, 1.807) is 0 Å². The van der Waals surface area contributed by atoms with Crippen molar-refractivity contribution in [2.45, 2.75) is 19.8 Å². The molecular weight excluding hydrogens is 204 g/mol. The fourth-order valence-corrected chi connectivity index (χ4v) is 1.68. The molecule has 3 heteroatoms. The minimum Gasteiger partial charge on any atom is -0.384 e. The predicted molar refractivity (Wildman–Crippen MR) is 50.4 cm³/mol. The first kappa shape index (κ1) is 8.53. The Kier molecular flexibility index (Phi) is 2.49. The van der Waals surface area contributed by atoms with Crippen LogP contribution in [0, 0.1) is 0 Å². The van der Waals surface area contributed by atoms with Crippen LogP contribution in [-0.2, 0) is 0 Å². The van der Waals surface area contributed by atoms with Crippen LogP contribution in [0.4, 0.5) is 5.82 Å². The smallest absolute Gasteiger partial charge is 0.124 e. The molecule has 0 aliphatic rings. The van der Waals surface area contributed by atoms with Crippen LogP contribution in [0.15, 0.2) is 16.7 Å². The van der Waals surface area contributed by atoms with Gasteiger partial charge in [-0.1, -0.05) is 19.9 Å². The van der Waals surface area contributed by atoms with E-state index in [1.165, 1.54) is 5.56 Å². The van der Waals surface area contributed by atoms with Crippen molar-refractivity contribution in [2.75, 3.05) is 5.73 Å². The van der Waals surface area contributed by atoms with Gasteiger partial charge < -0.3 is 5.73 Å². The molecule has 0 saturated heterocycles. The molecule has 2 N–H and O–H groups in total. The molecule has 1 aromatic heterocycles. The Hall–Kier alpha value is -0.570.